The number of carbonyl (C=O) groups excluding carboxylic acids is 2. The number of rotatable bonds is 5. The predicted octanol–water partition coefficient (Wildman–Crippen LogP) is 3.64. The first kappa shape index (κ1) is 17.0. The third-order valence-electron chi connectivity index (χ3n) is 4.03. The summed E-state index contributed by atoms with van der Waals surface area (Å²) in [6.07, 6.45) is 6.16. The fourth-order valence-electron chi connectivity index (χ4n) is 2.87. The number of nitrogens with zero attached hydrogens (tertiary/aromatic N) is 1. The van der Waals surface area contributed by atoms with Crippen LogP contribution in [0.2, 0.25) is 0 Å². The summed E-state index contributed by atoms with van der Waals surface area (Å²) in [4.78, 5) is 25.6. The van der Waals surface area contributed by atoms with Crippen LogP contribution in [0.15, 0.2) is 28.7 Å². The van der Waals surface area contributed by atoms with E-state index in [0.29, 0.717) is 19.0 Å². The number of nitrogens with one attached hydrogen (secondary N) is 1. The van der Waals surface area contributed by atoms with Crippen LogP contribution in [0.5, 0.6) is 0 Å². The van der Waals surface area contributed by atoms with Gasteiger partial charge in [-0.15, -0.1) is 0 Å². The largest absolute Gasteiger partial charge is 0.353 e. The van der Waals surface area contributed by atoms with Crippen molar-refractivity contribution in [2.24, 2.45) is 0 Å². The van der Waals surface area contributed by atoms with Crippen LogP contribution in [0.4, 0.5) is 5.69 Å². The molecule has 1 N–H and O–H groups in total. The summed E-state index contributed by atoms with van der Waals surface area (Å²) in [5.41, 5.74) is 0.812. The third-order valence-corrected chi connectivity index (χ3v) is 4.53. The molecule has 0 aliphatic heterocycles. The van der Waals surface area contributed by atoms with E-state index < -0.39 is 0 Å². The summed E-state index contributed by atoms with van der Waals surface area (Å²) in [6.45, 7) is 1.93. The second-order valence-corrected chi connectivity index (χ2v) is 6.72. The van der Waals surface area contributed by atoms with Gasteiger partial charge in [-0.3, -0.25) is 9.59 Å². The van der Waals surface area contributed by atoms with Crippen LogP contribution in [0, 0.1) is 0 Å². The van der Waals surface area contributed by atoms with E-state index in [4.69, 9.17) is 0 Å². The highest BCUT2D eigenvalue weighted by molar-refractivity contribution is 9.10. The molecule has 0 spiro atoms. The normalized spacial score (nSPS) is 15.4. The van der Waals surface area contributed by atoms with Crippen molar-refractivity contribution < 1.29 is 9.59 Å². The first-order valence-corrected chi connectivity index (χ1v) is 8.68. The lowest BCUT2D eigenvalue weighted by Gasteiger charge is -2.24. The molecule has 1 aliphatic rings. The minimum absolute atomic E-state index is 0.0353. The molecule has 0 unspecified atom stereocenters. The van der Waals surface area contributed by atoms with Crippen LogP contribution < -0.4 is 10.2 Å². The lowest BCUT2D eigenvalue weighted by Crippen LogP contribution is -2.39. The van der Waals surface area contributed by atoms with Crippen molar-refractivity contribution in [3.05, 3.63) is 28.7 Å². The molecule has 0 radical (unpaired) electrons. The molecule has 1 aromatic rings. The molecule has 2 rings (SSSR count). The molecule has 120 valence electrons. The van der Waals surface area contributed by atoms with Gasteiger partial charge in [-0.1, -0.05) is 41.3 Å². The summed E-state index contributed by atoms with van der Waals surface area (Å²) in [7, 11) is 0. The Morgan fingerprint density at radius 2 is 2.00 bits per heavy atom. The topological polar surface area (TPSA) is 49.4 Å². The van der Waals surface area contributed by atoms with E-state index in [2.05, 4.69) is 21.2 Å². The van der Waals surface area contributed by atoms with Gasteiger partial charge in [-0.25, -0.2) is 0 Å². The molecule has 0 bridgehead atoms. The van der Waals surface area contributed by atoms with Gasteiger partial charge in [0.05, 0.1) is 0 Å². The standard InChI is InChI=1S/C17H23BrN2O2/c1-13(21)20(16-9-5-6-14(18)12-16)11-10-17(22)19-15-7-3-2-4-8-15/h5-6,9,12,15H,2-4,7-8,10-11H2,1H3,(H,19,22). The maximum atomic E-state index is 12.1. The van der Waals surface area contributed by atoms with E-state index in [9.17, 15) is 9.59 Å². The van der Waals surface area contributed by atoms with Gasteiger partial charge >= 0.3 is 0 Å². The first-order chi connectivity index (χ1) is 10.6. The lowest BCUT2D eigenvalue weighted by molar-refractivity contribution is -0.121. The highest BCUT2D eigenvalue weighted by Crippen LogP contribution is 2.21. The molecular weight excluding hydrogens is 344 g/mol. The van der Waals surface area contributed by atoms with Crippen LogP contribution in [0.1, 0.15) is 45.4 Å². The van der Waals surface area contributed by atoms with Crippen molar-refractivity contribution in [2.75, 3.05) is 11.4 Å². The molecule has 1 aromatic carbocycles. The van der Waals surface area contributed by atoms with Crippen LogP contribution in [0.25, 0.3) is 0 Å². The minimum Gasteiger partial charge on any atom is -0.353 e. The van der Waals surface area contributed by atoms with E-state index in [1.807, 2.05) is 24.3 Å². The molecule has 22 heavy (non-hydrogen) atoms. The highest BCUT2D eigenvalue weighted by atomic mass is 79.9. The second-order valence-electron chi connectivity index (χ2n) is 5.80. The van der Waals surface area contributed by atoms with Gasteiger partial charge in [0.1, 0.15) is 0 Å². The fraction of sp³-hybridized carbons (Fsp3) is 0.529. The number of halogens is 1. The Morgan fingerprint density at radius 3 is 2.64 bits per heavy atom. The molecule has 0 atom stereocenters. The molecule has 0 heterocycles. The average Bonchev–Trinajstić information content (AvgIpc) is 2.48. The van der Waals surface area contributed by atoms with E-state index in [0.717, 1.165) is 23.0 Å². The molecule has 5 heteroatoms. The molecule has 0 aromatic heterocycles. The molecule has 1 aliphatic carbocycles. The van der Waals surface area contributed by atoms with E-state index in [1.165, 1.54) is 26.2 Å². The SMILES string of the molecule is CC(=O)N(CCC(=O)NC1CCCCC1)c1cccc(Br)c1. The zero-order valence-corrected chi connectivity index (χ0v) is 14.6. The smallest absolute Gasteiger partial charge is 0.223 e. The fourth-order valence-corrected chi connectivity index (χ4v) is 3.26. The minimum atomic E-state index is -0.0523. The van der Waals surface area contributed by atoms with E-state index >= 15 is 0 Å². The molecule has 1 fully saturated rings. The number of amides is 2. The Bertz CT molecular complexity index is 527. The monoisotopic (exact) mass is 366 g/mol. The van der Waals surface area contributed by atoms with Crippen LogP contribution in [0.3, 0.4) is 0 Å². The van der Waals surface area contributed by atoms with Crippen molar-refractivity contribution in [2.45, 2.75) is 51.5 Å². The van der Waals surface area contributed by atoms with Crippen LogP contribution in [-0.4, -0.2) is 24.4 Å². The first-order valence-electron chi connectivity index (χ1n) is 7.89. The highest BCUT2D eigenvalue weighted by Gasteiger charge is 2.17. The molecule has 4 nitrogen and oxygen atoms in total. The van der Waals surface area contributed by atoms with Crippen molar-refractivity contribution >= 4 is 33.4 Å². The van der Waals surface area contributed by atoms with Gasteiger partial charge < -0.3 is 10.2 Å². The quantitative estimate of drug-likeness (QED) is 0.864. The van der Waals surface area contributed by atoms with Gasteiger partial charge in [-0.2, -0.15) is 0 Å². The summed E-state index contributed by atoms with van der Waals surface area (Å²) in [6, 6.07) is 7.89. The number of anilines is 1. The van der Waals surface area contributed by atoms with Crippen molar-refractivity contribution in [1.29, 1.82) is 0 Å². The number of hydrogen-bond acceptors (Lipinski definition) is 2. The van der Waals surface area contributed by atoms with Gasteiger partial charge in [0.15, 0.2) is 0 Å². The van der Waals surface area contributed by atoms with E-state index in [1.54, 1.807) is 4.90 Å². The Kier molecular flexibility index (Phi) is 6.43. The summed E-state index contributed by atoms with van der Waals surface area (Å²) < 4.78 is 0.919. The molecule has 2 amide bonds. The maximum Gasteiger partial charge on any atom is 0.223 e. The van der Waals surface area contributed by atoms with Gasteiger partial charge in [0.2, 0.25) is 11.8 Å². The Balaban J connectivity index is 1.88. The predicted molar refractivity (Wildman–Crippen MR) is 91.8 cm³/mol. The van der Waals surface area contributed by atoms with Gasteiger partial charge in [0, 0.05) is 36.1 Å². The Morgan fingerprint density at radius 1 is 1.27 bits per heavy atom. The Labute approximate surface area is 140 Å². The molecule has 0 saturated heterocycles. The molecular formula is C17H23BrN2O2. The average molecular weight is 367 g/mol. The van der Waals surface area contributed by atoms with Crippen molar-refractivity contribution in [3.63, 3.8) is 0 Å². The zero-order chi connectivity index (χ0) is 15.9. The number of benzene rings is 1. The Hall–Kier alpha value is -1.36. The van der Waals surface area contributed by atoms with Crippen molar-refractivity contribution in [1.82, 2.24) is 5.32 Å². The lowest BCUT2D eigenvalue weighted by atomic mass is 9.95. The second kappa shape index (κ2) is 8.32. The third kappa shape index (κ3) is 5.13. The number of carbonyl (C=O) groups is 2. The van der Waals surface area contributed by atoms with Gasteiger partial charge in [-0.05, 0) is 31.0 Å². The molecule has 1 saturated carbocycles. The van der Waals surface area contributed by atoms with Crippen molar-refractivity contribution in [3.8, 4) is 0 Å². The zero-order valence-electron chi connectivity index (χ0n) is 13.0. The summed E-state index contributed by atoms with van der Waals surface area (Å²) in [5.74, 6) is -0.0169. The van der Waals surface area contributed by atoms with E-state index in [-0.39, 0.29) is 11.8 Å². The number of hydrogen-bond donors (Lipinski definition) is 1. The van der Waals surface area contributed by atoms with Crippen LogP contribution in [-0.2, 0) is 9.59 Å². The maximum absolute atomic E-state index is 12.1. The van der Waals surface area contributed by atoms with Gasteiger partial charge in [0.25, 0.3) is 0 Å². The van der Waals surface area contributed by atoms with Crippen LogP contribution >= 0.6 is 15.9 Å². The summed E-state index contributed by atoms with van der Waals surface area (Å²) in [5, 5.41) is 3.09. The summed E-state index contributed by atoms with van der Waals surface area (Å²) >= 11 is 3.41.